The Morgan fingerprint density at radius 3 is 1.32 bits per heavy atom. The van der Waals surface area contributed by atoms with Gasteiger partial charge in [0, 0.05) is 5.56 Å². The maximum Gasteiger partial charge on any atom is 0.227 e. The molecule has 0 radical (unpaired) electrons. The highest BCUT2D eigenvalue weighted by Crippen LogP contribution is 2.49. The van der Waals surface area contributed by atoms with Crippen molar-refractivity contribution in [3.8, 4) is 56.0 Å². The fraction of sp³-hybridized carbons (Fsp3) is 0. The van der Waals surface area contributed by atoms with Gasteiger partial charge in [-0.2, -0.15) is 0 Å². The molecule has 1 aromatic heterocycles. The van der Waals surface area contributed by atoms with Gasteiger partial charge in [0.05, 0.1) is 0 Å². The first kappa shape index (κ1) is 27.1. The molecule has 2 nitrogen and oxygen atoms in total. The molecule has 0 unspecified atom stereocenters. The average molecular weight is 600 g/mol. The molecule has 0 amide bonds. The van der Waals surface area contributed by atoms with Crippen LogP contribution in [0.1, 0.15) is 0 Å². The number of oxazole rings is 1. The van der Waals surface area contributed by atoms with Crippen molar-refractivity contribution in [2.45, 2.75) is 0 Å². The Kier molecular flexibility index (Phi) is 6.50. The second-order valence-electron chi connectivity index (χ2n) is 11.9. The largest absolute Gasteiger partial charge is 0.436 e. The lowest BCUT2D eigenvalue weighted by Crippen LogP contribution is -1.95. The number of fused-ring (bicyclic) bond motifs is 3. The van der Waals surface area contributed by atoms with Crippen molar-refractivity contribution in [2.24, 2.45) is 0 Å². The van der Waals surface area contributed by atoms with Crippen LogP contribution in [0.15, 0.2) is 180 Å². The van der Waals surface area contributed by atoms with Crippen molar-refractivity contribution >= 4 is 32.6 Å². The van der Waals surface area contributed by atoms with Gasteiger partial charge in [0.2, 0.25) is 5.89 Å². The summed E-state index contributed by atoms with van der Waals surface area (Å²) in [6.07, 6.45) is 0. The van der Waals surface area contributed by atoms with Gasteiger partial charge in [0.25, 0.3) is 0 Å². The summed E-state index contributed by atoms with van der Waals surface area (Å²) in [5.41, 5.74) is 11.9. The van der Waals surface area contributed by atoms with E-state index in [9.17, 15) is 0 Å². The number of hydrogen-bond donors (Lipinski definition) is 0. The standard InChI is InChI=1S/C45H29NO/c1-4-16-30(17-5-1)37-29-40(45-46-41-26-14-15-27-42(41)47-45)38(31-18-6-2-7-19-31)28-39(37)44-35-24-12-10-22-33(35)43(32-20-8-3-9-21-32)34-23-11-13-25-36(34)44/h1-29H. The maximum absolute atomic E-state index is 6.45. The van der Waals surface area contributed by atoms with Crippen LogP contribution in [0.4, 0.5) is 0 Å². The third kappa shape index (κ3) is 4.62. The zero-order chi connectivity index (χ0) is 31.2. The molecular weight excluding hydrogens is 571 g/mol. The Balaban J connectivity index is 1.44. The van der Waals surface area contributed by atoms with Gasteiger partial charge in [0.1, 0.15) is 5.52 Å². The summed E-state index contributed by atoms with van der Waals surface area (Å²) in [5, 5.41) is 4.90. The first-order valence-corrected chi connectivity index (χ1v) is 16.0. The number of nitrogens with zero attached hydrogens (tertiary/aromatic N) is 1. The average Bonchev–Trinajstić information content (AvgIpc) is 3.59. The molecule has 0 N–H and O–H groups in total. The third-order valence-corrected chi connectivity index (χ3v) is 9.11. The first-order valence-electron chi connectivity index (χ1n) is 16.0. The molecule has 8 aromatic carbocycles. The van der Waals surface area contributed by atoms with Crippen LogP contribution < -0.4 is 0 Å². The third-order valence-electron chi connectivity index (χ3n) is 9.11. The lowest BCUT2D eigenvalue weighted by atomic mass is 9.82. The van der Waals surface area contributed by atoms with Crippen molar-refractivity contribution in [3.63, 3.8) is 0 Å². The van der Waals surface area contributed by atoms with Crippen molar-refractivity contribution in [2.75, 3.05) is 0 Å². The van der Waals surface area contributed by atoms with Gasteiger partial charge in [0.15, 0.2) is 5.58 Å². The first-order chi connectivity index (χ1) is 23.3. The van der Waals surface area contributed by atoms with Crippen LogP contribution >= 0.6 is 0 Å². The Hall–Kier alpha value is -6.25. The van der Waals surface area contributed by atoms with E-state index >= 15 is 0 Å². The zero-order valence-electron chi connectivity index (χ0n) is 25.6. The summed E-state index contributed by atoms with van der Waals surface area (Å²) in [4.78, 5) is 4.98. The van der Waals surface area contributed by atoms with Crippen LogP contribution in [-0.2, 0) is 0 Å². The Morgan fingerprint density at radius 1 is 0.340 bits per heavy atom. The molecule has 9 rings (SSSR count). The van der Waals surface area contributed by atoms with Gasteiger partial charge in [-0.05, 0) is 90.3 Å². The highest BCUT2D eigenvalue weighted by atomic mass is 16.3. The number of hydrogen-bond acceptors (Lipinski definition) is 2. The second-order valence-corrected chi connectivity index (χ2v) is 11.9. The molecule has 0 aliphatic rings. The summed E-state index contributed by atoms with van der Waals surface area (Å²) >= 11 is 0. The highest BCUT2D eigenvalue weighted by molar-refractivity contribution is 6.22. The van der Waals surface area contributed by atoms with Crippen molar-refractivity contribution in [1.29, 1.82) is 0 Å². The van der Waals surface area contributed by atoms with E-state index < -0.39 is 0 Å². The summed E-state index contributed by atoms with van der Waals surface area (Å²) in [5.74, 6) is 0.614. The van der Waals surface area contributed by atoms with E-state index in [-0.39, 0.29) is 0 Å². The molecule has 220 valence electrons. The van der Waals surface area contributed by atoms with E-state index in [4.69, 9.17) is 9.40 Å². The minimum atomic E-state index is 0.614. The van der Waals surface area contributed by atoms with Gasteiger partial charge in [-0.25, -0.2) is 4.98 Å². The maximum atomic E-state index is 6.45. The lowest BCUT2D eigenvalue weighted by Gasteiger charge is -2.21. The molecule has 0 atom stereocenters. The van der Waals surface area contributed by atoms with E-state index in [2.05, 4.69) is 152 Å². The normalized spacial score (nSPS) is 11.4. The Labute approximate surface area is 273 Å². The van der Waals surface area contributed by atoms with Gasteiger partial charge in [-0.3, -0.25) is 0 Å². The monoisotopic (exact) mass is 599 g/mol. The van der Waals surface area contributed by atoms with Crippen LogP contribution in [0.3, 0.4) is 0 Å². The topological polar surface area (TPSA) is 26.0 Å². The molecule has 0 saturated heterocycles. The van der Waals surface area contributed by atoms with Crippen LogP contribution in [0, 0.1) is 0 Å². The highest BCUT2D eigenvalue weighted by Gasteiger charge is 2.23. The number of benzene rings is 8. The van der Waals surface area contributed by atoms with Crippen LogP contribution in [0.5, 0.6) is 0 Å². The lowest BCUT2D eigenvalue weighted by molar-refractivity contribution is 0.620. The predicted molar refractivity (Wildman–Crippen MR) is 196 cm³/mol. The van der Waals surface area contributed by atoms with Crippen molar-refractivity contribution < 1.29 is 4.42 Å². The molecule has 0 saturated carbocycles. The summed E-state index contributed by atoms with van der Waals surface area (Å²) < 4.78 is 6.45. The minimum Gasteiger partial charge on any atom is -0.436 e. The summed E-state index contributed by atoms with van der Waals surface area (Å²) in [6, 6.07) is 62.3. The van der Waals surface area contributed by atoms with Gasteiger partial charge in [-0.15, -0.1) is 0 Å². The number of rotatable bonds is 5. The van der Waals surface area contributed by atoms with E-state index in [0.29, 0.717) is 5.89 Å². The molecule has 1 heterocycles. The van der Waals surface area contributed by atoms with E-state index in [1.54, 1.807) is 0 Å². The fourth-order valence-electron chi connectivity index (χ4n) is 7.02. The zero-order valence-corrected chi connectivity index (χ0v) is 25.6. The molecule has 9 aromatic rings. The molecule has 0 fully saturated rings. The van der Waals surface area contributed by atoms with Gasteiger partial charge < -0.3 is 4.42 Å². The summed E-state index contributed by atoms with van der Waals surface area (Å²) in [7, 11) is 0. The molecule has 0 aliphatic heterocycles. The summed E-state index contributed by atoms with van der Waals surface area (Å²) in [6.45, 7) is 0. The van der Waals surface area contributed by atoms with Crippen LogP contribution in [0.2, 0.25) is 0 Å². The van der Waals surface area contributed by atoms with Gasteiger partial charge >= 0.3 is 0 Å². The van der Waals surface area contributed by atoms with Crippen LogP contribution in [0.25, 0.3) is 88.6 Å². The second kappa shape index (κ2) is 11.3. The number of aromatic nitrogens is 1. The van der Waals surface area contributed by atoms with E-state index in [0.717, 1.165) is 38.9 Å². The predicted octanol–water partition coefficient (Wildman–Crippen LogP) is 12.5. The molecule has 0 spiro atoms. The van der Waals surface area contributed by atoms with Crippen LogP contribution in [-0.4, -0.2) is 4.98 Å². The molecule has 47 heavy (non-hydrogen) atoms. The molecule has 2 heteroatoms. The SMILES string of the molecule is c1ccc(-c2cc(-c3c4ccccc4c(-c4ccccc4)c4ccccc34)c(-c3ccccc3)cc2-c2nc3ccccc3o2)cc1. The van der Waals surface area contributed by atoms with E-state index in [1.165, 1.54) is 43.8 Å². The fourth-order valence-corrected chi connectivity index (χ4v) is 7.02. The molecule has 0 aliphatic carbocycles. The van der Waals surface area contributed by atoms with Gasteiger partial charge in [-0.1, -0.05) is 152 Å². The Morgan fingerprint density at radius 2 is 0.766 bits per heavy atom. The number of para-hydroxylation sites is 2. The minimum absolute atomic E-state index is 0.614. The molecular formula is C45H29NO. The quantitative estimate of drug-likeness (QED) is 0.184. The smallest absolute Gasteiger partial charge is 0.227 e. The van der Waals surface area contributed by atoms with Crippen molar-refractivity contribution in [3.05, 3.63) is 176 Å². The molecule has 0 bridgehead atoms. The van der Waals surface area contributed by atoms with E-state index in [1.807, 2.05) is 24.3 Å². The Bertz CT molecular complexity index is 2460. The van der Waals surface area contributed by atoms with Crippen molar-refractivity contribution in [1.82, 2.24) is 4.98 Å².